The Morgan fingerprint density at radius 1 is 1.18 bits per heavy atom. The predicted molar refractivity (Wildman–Crippen MR) is 63.7 cm³/mol. The number of carboxylic acids is 2. The van der Waals surface area contributed by atoms with Crippen LogP contribution in [0.15, 0.2) is 29.8 Å². The predicted octanol–water partition coefficient (Wildman–Crippen LogP) is 2.19. The van der Waals surface area contributed by atoms with Gasteiger partial charge in [-0.05, 0) is 23.6 Å². The lowest BCUT2D eigenvalue weighted by atomic mass is 10.1. The first-order valence-electron chi connectivity index (χ1n) is 5.27. The molecule has 4 heteroatoms. The second kappa shape index (κ2) is 5.84. The van der Waals surface area contributed by atoms with Gasteiger partial charge in [-0.1, -0.05) is 31.2 Å². The van der Waals surface area contributed by atoms with Crippen LogP contribution in [0.5, 0.6) is 0 Å². The summed E-state index contributed by atoms with van der Waals surface area (Å²) < 4.78 is 0. The van der Waals surface area contributed by atoms with Crippen LogP contribution in [0.25, 0.3) is 6.08 Å². The molecule has 0 fully saturated rings. The van der Waals surface area contributed by atoms with E-state index in [9.17, 15) is 9.59 Å². The average molecular weight is 234 g/mol. The molecule has 1 rings (SSSR count). The summed E-state index contributed by atoms with van der Waals surface area (Å²) >= 11 is 0. The van der Waals surface area contributed by atoms with E-state index in [2.05, 4.69) is 0 Å². The number of aliphatic carboxylic acids is 2. The van der Waals surface area contributed by atoms with Crippen molar-refractivity contribution < 1.29 is 19.8 Å². The molecular formula is C13H14O4. The topological polar surface area (TPSA) is 74.6 Å². The van der Waals surface area contributed by atoms with Crippen LogP contribution in [0.3, 0.4) is 0 Å². The van der Waals surface area contributed by atoms with Crippen molar-refractivity contribution in [3.8, 4) is 0 Å². The molecule has 1 aromatic rings. The van der Waals surface area contributed by atoms with Crippen molar-refractivity contribution >= 4 is 18.0 Å². The molecule has 0 aliphatic rings. The highest BCUT2D eigenvalue weighted by molar-refractivity contribution is 5.96. The van der Waals surface area contributed by atoms with E-state index in [4.69, 9.17) is 10.2 Å². The van der Waals surface area contributed by atoms with Crippen molar-refractivity contribution in [3.63, 3.8) is 0 Å². The smallest absolute Gasteiger partial charge is 0.332 e. The van der Waals surface area contributed by atoms with Gasteiger partial charge in [0.25, 0.3) is 0 Å². The molecule has 0 amide bonds. The summed E-state index contributed by atoms with van der Waals surface area (Å²) in [4.78, 5) is 21.3. The van der Waals surface area contributed by atoms with Gasteiger partial charge in [-0.15, -0.1) is 0 Å². The Bertz CT molecular complexity index is 443. The zero-order valence-electron chi connectivity index (χ0n) is 9.51. The Hall–Kier alpha value is -2.10. The Labute approximate surface area is 99.2 Å². The van der Waals surface area contributed by atoms with Crippen molar-refractivity contribution in [2.45, 2.75) is 19.8 Å². The average Bonchev–Trinajstić information content (AvgIpc) is 2.28. The van der Waals surface area contributed by atoms with E-state index in [0.717, 1.165) is 12.0 Å². The third-order valence-corrected chi connectivity index (χ3v) is 2.35. The molecule has 1 aromatic carbocycles. The highest BCUT2D eigenvalue weighted by atomic mass is 16.4. The molecule has 90 valence electrons. The van der Waals surface area contributed by atoms with E-state index in [1.54, 1.807) is 12.1 Å². The zero-order valence-corrected chi connectivity index (χ0v) is 9.51. The van der Waals surface area contributed by atoms with Crippen LogP contribution in [0.2, 0.25) is 0 Å². The molecule has 0 aliphatic carbocycles. The van der Waals surface area contributed by atoms with Gasteiger partial charge in [-0.2, -0.15) is 0 Å². The van der Waals surface area contributed by atoms with E-state index in [0.29, 0.717) is 5.56 Å². The SMILES string of the molecule is CCc1ccc(/C=C(\CC(=O)O)C(=O)O)cc1. The minimum atomic E-state index is -1.20. The number of carboxylic acid groups (broad SMARTS) is 2. The first-order chi connectivity index (χ1) is 8.02. The summed E-state index contributed by atoms with van der Waals surface area (Å²) in [5.74, 6) is -2.35. The van der Waals surface area contributed by atoms with Gasteiger partial charge in [0.05, 0.1) is 6.42 Å². The second-order valence-corrected chi connectivity index (χ2v) is 3.64. The third-order valence-electron chi connectivity index (χ3n) is 2.35. The van der Waals surface area contributed by atoms with Crippen LogP contribution in [-0.4, -0.2) is 22.2 Å². The van der Waals surface area contributed by atoms with Crippen molar-refractivity contribution in [1.29, 1.82) is 0 Å². The van der Waals surface area contributed by atoms with Crippen molar-refractivity contribution in [1.82, 2.24) is 0 Å². The van der Waals surface area contributed by atoms with Gasteiger partial charge in [-0.25, -0.2) is 4.79 Å². The van der Waals surface area contributed by atoms with Gasteiger partial charge < -0.3 is 10.2 Å². The number of benzene rings is 1. The van der Waals surface area contributed by atoms with Crippen LogP contribution in [-0.2, 0) is 16.0 Å². The lowest BCUT2D eigenvalue weighted by Gasteiger charge is -2.01. The summed E-state index contributed by atoms with van der Waals surface area (Å²) in [6, 6.07) is 7.35. The van der Waals surface area contributed by atoms with Gasteiger partial charge in [-0.3, -0.25) is 4.79 Å². The van der Waals surface area contributed by atoms with E-state index in [-0.39, 0.29) is 5.57 Å². The van der Waals surface area contributed by atoms with E-state index in [1.807, 2.05) is 19.1 Å². The molecule has 0 unspecified atom stereocenters. The largest absolute Gasteiger partial charge is 0.481 e. The number of hydrogen-bond acceptors (Lipinski definition) is 2. The van der Waals surface area contributed by atoms with Crippen LogP contribution in [0, 0.1) is 0 Å². The zero-order chi connectivity index (χ0) is 12.8. The fraction of sp³-hybridized carbons (Fsp3) is 0.231. The monoisotopic (exact) mass is 234 g/mol. The molecule has 0 saturated heterocycles. The lowest BCUT2D eigenvalue weighted by molar-refractivity contribution is -0.139. The minimum absolute atomic E-state index is 0.123. The van der Waals surface area contributed by atoms with Gasteiger partial charge in [0.1, 0.15) is 0 Å². The molecular weight excluding hydrogens is 220 g/mol. The molecule has 0 bridgehead atoms. The molecule has 0 aromatic heterocycles. The van der Waals surface area contributed by atoms with Gasteiger partial charge in [0.2, 0.25) is 0 Å². The molecule has 0 atom stereocenters. The minimum Gasteiger partial charge on any atom is -0.481 e. The quantitative estimate of drug-likeness (QED) is 0.766. The maximum atomic E-state index is 10.8. The summed E-state index contributed by atoms with van der Waals surface area (Å²) in [5.41, 5.74) is 1.72. The standard InChI is InChI=1S/C13H14O4/c1-2-9-3-5-10(6-4-9)7-11(13(16)17)8-12(14)15/h3-7H,2,8H2,1H3,(H,14,15)(H,16,17)/b11-7+. The molecule has 17 heavy (non-hydrogen) atoms. The van der Waals surface area contributed by atoms with Crippen LogP contribution < -0.4 is 0 Å². The summed E-state index contributed by atoms with van der Waals surface area (Å²) in [6.45, 7) is 2.03. The molecule has 0 aliphatic heterocycles. The Morgan fingerprint density at radius 2 is 1.76 bits per heavy atom. The van der Waals surface area contributed by atoms with E-state index in [1.165, 1.54) is 6.08 Å². The van der Waals surface area contributed by atoms with E-state index < -0.39 is 18.4 Å². The van der Waals surface area contributed by atoms with E-state index >= 15 is 0 Å². The number of hydrogen-bond donors (Lipinski definition) is 2. The summed E-state index contributed by atoms with van der Waals surface area (Å²) in [5, 5.41) is 17.4. The van der Waals surface area contributed by atoms with Crippen molar-refractivity contribution in [3.05, 3.63) is 41.0 Å². The number of carbonyl (C=O) groups is 2. The first kappa shape index (κ1) is 13.0. The molecule has 0 saturated carbocycles. The summed E-state index contributed by atoms with van der Waals surface area (Å²) in [6.07, 6.45) is 1.81. The molecule has 0 spiro atoms. The Kier molecular flexibility index (Phi) is 4.46. The van der Waals surface area contributed by atoms with Crippen LogP contribution in [0.1, 0.15) is 24.5 Å². The highest BCUT2D eigenvalue weighted by Gasteiger charge is 2.11. The second-order valence-electron chi connectivity index (χ2n) is 3.64. The fourth-order valence-electron chi connectivity index (χ4n) is 1.40. The Balaban J connectivity index is 2.95. The van der Waals surface area contributed by atoms with Gasteiger partial charge in [0, 0.05) is 5.57 Å². The molecule has 0 radical (unpaired) electrons. The van der Waals surface area contributed by atoms with Gasteiger partial charge in [0.15, 0.2) is 0 Å². The number of aryl methyl sites for hydroxylation is 1. The summed E-state index contributed by atoms with van der Waals surface area (Å²) in [7, 11) is 0. The molecule has 0 heterocycles. The highest BCUT2D eigenvalue weighted by Crippen LogP contribution is 2.12. The third kappa shape index (κ3) is 4.10. The fourth-order valence-corrected chi connectivity index (χ4v) is 1.40. The maximum absolute atomic E-state index is 10.8. The van der Waals surface area contributed by atoms with Crippen LogP contribution in [0.4, 0.5) is 0 Å². The molecule has 4 nitrogen and oxygen atoms in total. The van der Waals surface area contributed by atoms with Crippen molar-refractivity contribution in [2.75, 3.05) is 0 Å². The van der Waals surface area contributed by atoms with Gasteiger partial charge >= 0.3 is 11.9 Å². The van der Waals surface area contributed by atoms with Crippen molar-refractivity contribution in [2.24, 2.45) is 0 Å². The lowest BCUT2D eigenvalue weighted by Crippen LogP contribution is -2.06. The van der Waals surface area contributed by atoms with Crippen LogP contribution >= 0.6 is 0 Å². The Morgan fingerprint density at radius 3 is 2.18 bits per heavy atom. The molecule has 2 N–H and O–H groups in total. The first-order valence-corrected chi connectivity index (χ1v) is 5.27. The maximum Gasteiger partial charge on any atom is 0.332 e. The normalized spacial score (nSPS) is 11.2. The number of rotatable bonds is 5.